The van der Waals surface area contributed by atoms with Crippen molar-refractivity contribution in [2.45, 2.75) is 10.8 Å². The first-order chi connectivity index (χ1) is 18.5. The van der Waals surface area contributed by atoms with Crippen LogP contribution in [-0.2, 0) is 5.75 Å². The van der Waals surface area contributed by atoms with Crippen LogP contribution in [0.3, 0.4) is 0 Å². The number of thioether (sulfide) groups is 1. The Labute approximate surface area is 237 Å². The van der Waals surface area contributed by atoms with Crippen LogP contribution in [0.5, 0.6) is 0 Å². The lowest BCUT2D eigenvalue weighted by Crippen LogP contribution is -2.24. The van der Waals surface area contributed by atoms with Gasteiger partial charge in [0.2, 0.25) is 0 Å². The van der Waals surface area contributed by atoms with E-state index in [1.54, 1.807) is 24.3 Å². The number of hydrogen-bond acceptors (Lipinski definition) is 5. The highest BCUT2D eigenvalue weighted by Gasteiger charge is 2.19. The first-order valence-corrected chi connectivity index (χ1v) is 13.7. The molecular weight excluding hydrogens is 559 g/mol. The SMILES string of the molecule is O=c1c2cc(Cl)cc(Cl)c2nc(CSc2nc(-c3ccccc3)nc3ccccc23)n1-c1ccccc1Cl. The summed E-state index contributed by atoms with van der Waals surface area (Å²) in [7, 11) is 0. The number of rotatable bonds is 5. The lowest BCUT2D eigenvalue weighted by atomic mass is 10.2. The van der Waals surface area contributed by atoms with Crippen LogP contribution in [0.1, 0.15) is 5.82 Å². The van der Waals surface area contributed by atoms with Crippen LogP contribution < -0.4 is 5.56 Å². The Morgan fingerprint density at radius 3 is 2.29 bits per heavy atom. The molecule has 9 heteroatoms. The summed E-state index contributed by atoms with van der Waals surface area (Å²) in [6.45, 7) is 0. The molecule has 6 rings (SSSR count). The number of hydrogen-bond donors (Lipinski definition) is 0. The Balaban J connectivity index is 1.52. The molecule has 5 nitrogen and oxygen atoms in total. The second-order valence-corrected chi connectivity index (χ2v) is 10.6. The molecule has 2 heterocycles. The third-order valence-corrected chi connectivity index (χ3v) is 7.81. The topological polar surface area (TPSA) is 60.7 Å². The van der Waals surface area contributed by atoms with Crippen molar-refractivity contribution in [3.8, 4) is 17.1 Å². The van der Waals surface area contributed by atoms with Gasteiger partial charge in [-0.1, -0.05) is 107 Å². The van der Waals surface area contributed by atoms with Crippen LogP contribution in [0.4, 0.5) is 0 Å². The number of aromatic nitrogens is 4. The summed E-state index contributed by atoms with van der Waals surface area (Å²) < 4.78 is 1.52. The molecular formula is C29H17Cl3N4OS. The average molecular weight is 576 g/mol. The standard InChI is InChI=1S/C29H17Cl3N4OS/c30-18-14-20-26(22(32)15-18)34-25(36(29(20)37)24-13-7-5-11-21(24)31)16-38-28-19-10-4-6-12-23(19)33-27(35-28)17-8-2-1-3-9-17/h1-15H,16H2. The Hall–Kier alpha value is -3.42. The molecule has 0 aliphatic rings. The lowest BCUT2D eigenvalue weighted by Gasteiger charge is -2.16. The van der Waals surface area contributed by atoms with Crippen LogP contribution in [0.2, 0.25) is 15.1 Å². The fraction of sp³-hybridized carbons (Fsp3) is 0.0345. The number of para-hydroxylation sites is 2. The van der Waals surface area contributed by atoms with Gasteiger partial charge in [0.15, 0.2) is 5.82 Å². The Morgan fingerprint density at radius 2 is 1.47 bits per heavy atom. The van der Waals surface area contributed by atoms with E-state index >= 15 is 0 Å². The summed E-state index contributed by atoms with van der Waals surface area (Å²) in [5.74, 6) is 1.43. The summed E-state index contributed by atoms with van der Waals surface area (Å²) in [4.78, 5) is 28.3. The second-order valence-electron chi connectivity index (χ2n) is 8.43. The maximum atomic E-state index is 13.8. The van der Waals surface area contributed by atoms with Crippen LogP contribution in [-0.4, -0.2) is 19.5 Å². The Kier molecular flexibility index (Phi) is 6.80. The molecule has 0 saturated heterocycles. The molecule has 0 spiro atoms. The van der Waals surface area contributed by atoms with E-state index in [0.717, 1.165) is 21.5 Å². The quantitative estimate of drug-likeness (QED) is 0.153. The van der Waals surface area contributed by atoms with Gasteiger partial charge in [0, 0.05) is 16.0 Å². The van der Waals surface area contributed by atoms with Crippen molar-refractivity contribution in [2.75, 3.05) is 0 Å². The Bertz CT molecular complexity index is 1890. The predicted octanol–water partition coefficient (Wildman–Crippen LogP) is 8.25. The first-order valence-electron chi connectivity index (χ1n) is 11.6. The highest BCUT2D eigenvalue weighted by atomic mass is 35.5. The molecule has 38 heavy (non-hydrogen) atoms. The highest BCUT2D eigenvalue weighted by molar-refractivity contribution is 7.98. The molecule has 0 unspecified atom stereocenters. The third-order valence-electron chi connectivity index (χ3n) is 5.99. The zero-order chi connectivity index (χ0) is 26.2. The zero-order valence-corrected chi connectivity index (χ0v) is 22.7. The molecule has 2 aromatic heterocycles. The number of nitrogens with zero attached hydrogens (tertiary/aromatic N) is 4. The van der Waals surface area contributed by atoms with Gasteiger partial charge in [-0.15, -0.1) is 0 Å². The molecule has 186 valence electrons. The molecule has 0 bridgehead atoms. The van der Waals surface area contributed by atoms with Gasteiger partial charge in [-0.3, -0.25) is 9.36 Å². The van der Waals surface area contributed by atoms with Crippen LogP contribution in [0.15, 0.2) is 101 Å². The molecule has 0 radical (unpaired) electrons. The fourth-order valence-corrected chi connectivity index (χ4v) is 5.94. The van der Waals surface area contributed by atoms with Crippen molar-refractivity contribution in [3.63, 3.8) is 0 Å². The molecule has 0 aliphatic carbocycles. The minimum Gasteiger partial charge on any atom is -0.268 e. The van der Waals surface area contributed by atoms with E-state index in [0.29, 0.717) is 49.1 Å². The van der Waals surface area contributed by atoms with Crippen molar-refractivity contribution < 1.29 is 0 Å². The average Bonchev–Trinajstić information content (AvgIpc) is 2.93. The zero-order valence-electron chi connectivity index (χ0n) is 19.6. The minimum atomic E-state index is -0.305. The molecule has 0 atom stereocenters. The molecule has 0 fully saturated rings. The van der Waals surface area contributed by atoms with E-state index in [9.17, 15) is 4.79 Å². The van der Waals surface area contributed by atoms with Gasteiger partial charge in [0.25, 0.3) is 5.56 Å². The highest BCUT2D eigenvalue weighted by Crippen LogP contribution is 2.32. The number of halogens is 3. The van der Waals surface area contributed by atoms with Crippen molar-refractivity contribution >= 4 is 68.4 Å². The first kappa shape index (κ1) is 24.9. The number of benzene rings is 4. The third kappa shape index (κ3) is 4.65. The summed E-state index contributed by atoms with van der Waals surface area (Å²) in [6, 6.07) is 28.0. The van der Waals surface area contributed by atoms with Crippen molar-refractivity contribution in [1.29, 1.82) is 0 Å². The molecule has 0 aliphatic heterocycles. The monoisotopic (exact) mass is 574 g/mol. The van der Waals surface area contributed by atoms with E-state index in [-0.39, 0.29) is 5.56 Å². The molecule has 0 N–H and O–H groups in total. The number of fused-ring (bicyclic) bond motifs is 2. The van der Waals surface area contributed by atoms with Gasteiger partial charge < -0.3 is 0 Å². The van der Waals surface area contributed by atoms with Gasteiger partial charge in [-0.25, -0.2) is 15.0 Å². The van der Waals surface area contributed by atoms with E-state index < -0.39 is 0 Å². The molecule has 0 amide bonds. The van der Waals surface area contributed by atoms with Crippen LogP contribution in [0.25, 0.3) is 38.9 Å². The summed E-state index contributed by atoms with van der Waals surface area (Å²) in [5.41, 5.74) is 2.35. The van der Waals surface area contributed by atoms with E-state index in [1.807, 2.05) is 66.7 Å². The van der Waals surface area contributed by atoms with Gasteiger partial charge in [0.1, 0.15) is 10.9 Å². The van der Waals surface area contributed by atoms with Gasteiger partial charge >= 0.3 is 0 Å². The molecule has 0 saturated carbocycles. The lowest BCUT2D eigenvalue weighted by molar-refractivity contribution is 0.883. The van der Waals surface area contributed by atoms with Gasteiger partial charge in [-0.05, 0) is 30.3 Å². The fourth-order valence-electron chi connectivity index (χ4n) is 4.24. The molecule has 4 aromatic carbocycles. The maximum Gasteiger partial charge on any atom is 0.266 e. The van der Waals surface area contributed by atoms with Gasteiger partial charge in [-0.2, -0.15) is 0 Å². The van der Waals surface area contributed by atoms with Gasteiger partial charge in [0.05, 0.1) is 37.9 Å². The van der Waals surface area contributed by atoms with Crippen molar-refractivity contribution in [3.05, 3.63) is 122 Å². The Morgan fingerprint density at radius 1 is 0.737 bits per heavy atom. The minimum absolute atomic E-state index is 0.305. The van der Waals surface area contributed by atoms with Crippen LogP contribution in [0, 0.1) is 0 Å². The maximum absolute atomic E-state index is 13.8. The summed E-state index contributed by atoms with van der Waals surface area (Å²) in [6.07, 6.45) is 0. The molecule has 6 aromatic rings. The van der Waals surface area contributed by atoms with Crippen LogP contribution >= 0.6 is 46.6 Å². The van der Waals surface area contributed by atoms with Crippen molar-refractivity contribution in [1.82, 2.24) is 19.5 Å². The van der Waals surface area contributed by atoms with Crippen molar-refractivity contribution in [2.24, 2.45) is 0 Å². The smallest absolute Gasteiger partial charge is 0.266 e. The summed E-state index contributed by atoms with van der Waals surface area (Å²) in [5, 5.41) is 3.09. The van der Waals surface area contributed by atoms with E-state index in [1.165, 1.54) is 16.3 Å². The van der Waals surface area contributed by atoms with E-state index in [2.05, 4.69) is 0 Å². The summed E-state index contributed by atoms with van der Waals surface area (Å²) >= 11 is 20.7. The largest absolute Gasteiger partial charge is 0.268 e. The predicted molar refractivity (Wildman–Crippen MR) is 157 cm³/mol. The van der Waals surface area contributed by atoms with E-state index in [4.69, 9.17) is 49.8 Å². The second kappa shape index (κ2) is 10.4. The normalized spacial score (nSPS) is 11.3.